The molecule has 1 aliphatic heterocycles. The van der Waals surface area contributed by atoms with Crippen LogP contribution in [0.3, 0.4) is 0 Å². The van der Waals surface area contributed by atoms with Gasteiger partial charge < -0.3 is 14.8 Å². The first-order chi connectivity index (χ1) is 7.14. The number of ether oxygens (including phenoxy) is 2. The van der Waals surface area contributed by atoms with Crippen molar-refractivity contribution in [3.63, 3.8) is 0 Å². The lowest BCUT2D eigenvalue weighted by molar-refractivity contribution is -0.201. The normalized spacial score (nSPS) is 41.8. The lowest BCUT2D eigenvalue weighted by atomic mass is 9.91. The van der Waals surface area contributed by atoms with E-state index in [1.54, 1.807) is 7.11 Å². The highest BCUT2D eigenvalue weighted by Gasteiger charge is 2.51. The molecule has 1 heterocycles. The second-order valence-electron chi connectivity index (χ2n) is 5.28. The fraction of sp³-hybridized carbons (Fsp3) is 1.00. The molecule has 1 N–H and O–H groups in total. The van der Waals surface area contributed by atoms with Gasteiger partial charge in [0.15, 0.2) is 0 Å². The predicted octanol–water partition coefficient (Wildman–Crippen LogP) is 1.57. The Kier molecular flexibility index (Phi) is 3.06. The minimum absolute atomic E-state index is 0.0145. The fourth-order valence-electron chi connectivity index (χ4n) is 2.58. The van der Waals surface area contributed by atoms with Crippen LogP contribution in [0.2, 0.25) is 0 Å². The van der Waals surface area contributed by atoms with E-state index in [0.717, 1.165) is 26.1 Å². The van der Waals surface area contributed by atoms with E-state index in [9.17, 15) is 0 Å². The first-order valence-corrected chi connectivity index (χ1v) is 6.04. The average molecular weight is 213 g/mol. The summed E-state index contributed by atoms with van der Waals surface area (Å²) in [4.78, 5) is 0. The maximum absolute atomic E-state index is 6.39. The Morgan fingerprint density at radius 2 is 2.13 bits per heavy atom. The Morgan fingerprint density at radius 3 is 2.67 bits per heavy atom. The van der Waals surface area contributed by atoms with Crippen LogP contribution >= 0.6 is 0 Å². The molecule has 0 bridgehead atoms. The highest BCUT2D eigenvalue weighted by Crippen LogP contribution is 2.45. The van der Waals surface area contributed by atoms with Gasteiger partial charge in [-0.25, -0.2) is 0 Å². The monoisotopic (exact) mass is 213 g/mol. The molecule has 2 fully saturated rings. The number of methoxy groups -OCH3 is 1. The van der Waals surface area contributed by atoms with Gasteiger partial charge in [-0.2, -0.15) is 0 Å². The average Bonchev–Trinajstić information content (AvgIpc) is 3.02. The van der Waals surface area contributed by atoms with Crippen molar-refractivity contribution in [1.29, 1.82) is 0 Å². The number of morpholine rings is 1. The zero-order valence-electron chi connectivity index (χ0n) is 10.1. The molecule has 1 aliphatic carbocycles. The third-order valence-corrected chi connectivity index (χ3v) is 3.83. The van der Waals surface area contributed by atoms with Crippen molar-refractivity contribution < 1.29 is 9.47 Å². The van der Waals surface area contributed by atoms with Crippen molar-refractivity contribution in [2.24, 2.45) is 5.92 Å². The minimum Gasteiger partial charge on any atom is -0.382 e. The molecule has 2 rings (SSSR count). The molecule has 88 valence electrons. The van der Waals surface area contributed by atoms with E-state index in [2.05, 4.69) is 19.2 Å². The van der Waals surface area contributed by atoms with Crippen LogP contribution in [0.5, 0.6) is 0 Å². The minimum atomic E-state index is -0.0578. The summed E-state index contributed by atoms with van der Waals surface area (Å²) < 4.78 is 11.7. The van der Waals surface area contributed by atoms with Crippen LogP contribution in [-0.2, 0) is 9.47 Å². The topological polar surface area (TPSA) is 30.5 Å². The predicted molar refractivity (Wildman–Crippen MR) is 60.0 cm³/mol. The molecule has 0 aromatic rings. The van der Waals surface area contributed by atoms with Crippen molar-refractivity contribution in [2.45, 2.75) is 44.3 Å². The summed E-state index contributed by atoms with van der Waals surface area (Å²) in [6.07, 6.45) is 3.65. The third-order valence-electron chi connectivity index (χ3n) is 3.83. The molecule has 0 aromatic carbocycles. The van der Waals surface area contributed by atoms with Crippen molar-refractivity contribution >= 4 is 0 Å². The zero-order chi connectivity index (χ0) is 10.9. The molecular weight excluding hydrogens is 190 g/mol. The van der Waals surface area contributed by atoms with E-state index in [1.165, 1.54) is 12.8 Å². The van der Waals surface area contributed by atoms with E-state index in [1.807, 2.05) is 0 Å². The molecule has 15 heavy (non-hydrogen) atoms. The fourth-order valence-corrected chi connectivity index (χ4v) is 2.58. The van der Waals surface area contributed by atoms with E-state index < -0.39 is 0 Å². The zero-order valence-corrected chi connectivity index (χ0v) is 10.1. The molecule has 1 saturated carbocycles. The molecular formula is C12H23NO2. The van der Waals surface area contributed by atoms with Gasteiger partial charge in [0, 0.05) is 20.2 Å². The van der Waals surface area contributed by atoms with Crippen LogP contribution in [0.25, 0.3) is 0 Å². The second-order valence-corrected chi connectivity index (χ2v) is 5.28. The summed E-state index contributed by atoms with van der Waals surface area (Å²) in [5.74, 6) is 0.705. The van der Waals surface area contributed by atoms with E-state index >= 15 is 0 Å². The number of hydrogen-bond donors (Lipinski definition) is 1. The second kappa shape index (κ2) is 4.04. The van der Waals surface area contributed by atoms with Crippen LogP contribution in [0.4, 0.5) is 0 Å². The number of hydrogen-bond acceptors (Lipinski definition) is 3. The summed E-state index contributed by atoms with van der Waals surface area (Å²) in [6.45, 7) is 7.02. The largest absolute Gasteiger partial charge is 0.382 e. The smallest absolute Gasteiger partial charge is 0.107 e. The molecule has 0 amide bonds. The van der Waals surface area contributed by atoms with Gasteiger partial charge in [0.1, 0.15) is 5.60 Å². The Labute approximate surface area is 92.5 Å². The van der Waals surface area contributed by atoms with Crippen LogP contribution in [0.1, 0.15) is 33.1 Å². The molecule has 2 atom stereocenters. The highest BCUT2D eigenvalue weighted by atomic mass is 16.6. The third kappa shape index (κ3) is 2.19. The van der Waals surface area contributed by atoms with Crippen LogP contribution in [0.15, 0.2) is 0 Å². The van der Waals surface area contributed by atoms with Gasteiger partial charge >= 0.3 is 0 Å². The standard InChI is InChI=1S/C12H23NO2/c1-4-11(2)7-13-8-12(15-11,9-14-3)10-5-6-10/h10,13H,4-9H2,1-3H3. The summed E-state index contributed by atoms with van der Waals surface area (Å²) in [7, 11) is 1.77. The summed E-state index contributed by atoms with van der Waals surface area (Å²) in [6, 6.07) is 0. The van der Waals surface area contributed by atoms with Crippen molar-refractivity contribution in [1.82, 2.24) is 5.32 Å². The first-order valence-electron chi connectivity index (χ1n) is 6.04. The van der Waals surface area contributed by atoms with Gasteiger partial charge in [0.2, 0.25) is 0 Å². The van der Waals surface area contributed by atoms with Gasteiger partial charge in [-0.05, 0) is 32.1 Å². The SMILES string of the molecule is CCC1(C)CNCC(COC)(C2CC2)O1. The lowest BCUT2D eigenvalue weighted by Gasteiger charge is -2.47. The summed E-state index contributed by atoms with van der Waals surface area (Å²) in [5.41, 5.74) is -0.0723. The van der Waals surface area contributed by atoms with Gasteiger partial charge in [-0.1, -0.05) is 6.92 Å². The molecule has 0 spiro atoms. The van der Waals surface area contributed by atoms with Crippen LogP contribution in [-0.4, -0.2) is 38.0 Å². The van der Waals surface area contributed by atoms with E-state index in [0.29, 0.717) is 5.92 Å². The van der Waals surface area contributed by atoms with Gasteiger partial charge in [0.25, 0.3) is 0 Å². The van der Waals surface area contributed by atoms with Crippen LogP contribution < -0.4 is 5.32 Å². The quantitative estimate of drug-likeness (QED) is 0.769. The molecule has 1 saturated heterocycles. The summed E-state index contributed by atoms with van der Waals surface area (Å²) in [5, 5.41) is 3.52. The molecule has 0 radical (unpaired) electrons. The Bertz CT molecular complexity index is 226. The van der Waals surface area contributed by atoms with E-state index in [-0.39, 0.29) is 11.2 Å². The molecule has 0 aromatic heterocycles. The lowest BCUT2D eigenvalue weighted by Crippen LogP contribution is -2.62. The van der Waals surface area contributed by atoms with Gasteiger partial charge in [-0.3, -0.25) is 0 Å². The maximum atomic E-state index is 6.39. The van der Waals surface area contributed by atoms with Gasteiger partial charge in [-0.15, -0.1) is 0 Å². The summed E-state index contributed by atoms with van der Waals surface area (Å²) >= 11 is 0. The van der Waals surface area contributed by atoms with Gasteiger partial charge in [0.05, 0.1) is 12.2 Å². The first kappa shape index (κ1) is 11.4. The number of nitrogens with one attached hydrogen (secondary N) is 1. The molecule has 2 aliphatic rings. The highest BCUT2D eigenvalue weighted by molar-refractivity contribution is 5.03. The van der Waals surface area contributed by atoms with Crippen molar-refractivity contribution in [3.05, 3.63) is 0 Å². The van der Waals surface area contributed by atoms with Crippen LogP contribution in [0, 0.1) is 5.92 Å². The number of rotatable bonds is 4. The van der Waals surface area contributed by atoms with E-state index in [4.69, 9.17) is 9.47 Å². The Balaban J connectivity index is 2.10. The Hall–Kier alpha value is -0.120. The Morgan fingerprint density at radius 1 is 1.40 bits per heavy atom. The maximum Gasteiger partial charge on any atom is 0.107 e. The molecule has 2 unspecified atom stereocenters. The van der Waals surface area contributed by atoms with Crippen molar-refractivity contribution in [3.8, 4) is 0 Å². The molecule has 3 nitrogen and oxygen atoms in total. The molecule has 3 heteroatoms. The van der Waals surface area contributed by atoms with Crippen molar-refractivity contribution in [2.75, 3.05) is 26.8 Å².